The molecule has 0 radical (unpaired) electrons. The number of nitrogens with zero attached hydrogens (tertiary/aromatic N) is 3. The molecule has 2 aromatic heterocycles. The first-order chi connectivity index (χ1) is 24.5. The number of aromatic nitrogens is 2. The summed E-state index contributed by atoms with van der Waals surface area (Å²) in [5.74, 6) is -0.815. The lowest BCUT2D eigenvalue weighted by Gasteiger charge is -2.24. The zero-order valence-electron chi connectivity index (χ0n) is 30.1. The smallest absolute Gasteiger partial charge is 0.251 e. The van der Waals surface area contributed by atoms with E-state index in [1.54, 1.807) is 55.8 Å². The van der Waals surface area contributed by atoms with Crippen molar-refractivity contribution in [2.75, 3.05) is 44.4 Å². The maximum atomic E-state index is 14.0. The van der Waals surface area contributed by atoms with E-state index in [0.717, 1.165) is 42.0 Å². The first-order valence-electron chi connectivity index (χ1n) is 17.4. The summed E-state index contributed by atoms with van der Waals surface area (Å²) < 4.78 is 0. The van der Waals surface area contributed by atoms with Crippen LogP contribution in [0.5, 0.6) is 0 Å². The minimum absolute atomic E-state index is 0.174. The molecule has 2 aromatic carbocycles. The molecule has 3 amide bonds. The molecule has 51 heavy (non-hydrogen) atoms. The van der Waals surface area contributed by atoms with Gasteiger partial charge in [0.1, 0.15) is 0 Å². The van der Waals surface area contributed by atoms with Crippen LogP contribution in [0.1, 0.15) is 76.8 Å². The van der Waals surface area contributed by atoms with Crippen molar-refractivity contribution in [1.29, 1.82) is 0 Å². The standard InChI is InChI=1S/C39H51N9O3/c1-26(29-12-14-33(40)15-13-29)45-37(49)28(3)44-25-35(23-34-11-6-7-18-43-34)47-39(51)32-20-31(21-36(22-32)48(5)19-9-16-41-4)38(50)46-27(2)30-10-8-17-42-24-30/h6-8,10-15,17-18,20-22,24,26-28,35,41,44H,9,16,19,23,25,40H2,1-5H3,(H,45,49)(H,46,50)(H,47,51)/t26-,27?,28+,35+/m1/s1. The Bertz CT molecular complexity index is 1700. The van der Waals surface area contributed by atoms with E-state index in [9.17, 15) is 14.4 Å². The van der Waals surface area contributed by atoms with Crippen LogP contribution in [0, 0.1) is 0 Å². The average molecular weight is 694 g/mol. The molecule has 0 bridgehead atoms. The number of hydrogen-bond acceptors (Lipinski definition) is 9. The molecule has 0 aliphatic rings. The van der Waals surface area contributed by atoms with Gasteiger partial charge in [0.25, 0.3) is 11.8 Å². The number of anilines is 2. The van der Waals surface area contributed by atoms with Gasteiger partial charge in [-0.3, -0.25) is 24.4 Å². The summed E-state index contributed by atoms with van der Waals surface area (Å²) in [7, 11) is 3.85. The van der Waals surface area contributed by atoms with E-state index < -0.39 is 12.1 Å². The second-order valence-corrected chi connectivity index (χ2v) is 12.9. The van der Waals surface area contributed by atoms with Gasteiger partial charge in [-0.1, -0.05) is 24.3 Å². The molecule has 0 aliphatic carbocycles. The largest absolute Gasteiger partial charge is 0.399 e. The number of benzene rings is 2. The van der Waals surface area contributed by atoms with Gasteiger partial charge in [-0.05, 0) is 100 Å². The summed E-state index contributed by atoms with van der Waals surface area (Å²) in [6.45, 7) is 7.45. The number of carbonyl (C=O) groups excluding carboxylic acids is 3. The van der Waals surface area contributed by atoms with Crippen molar-refractivity contribution in [2.24, 2.45) is 0 Å². The molecule has 1 unspecified atom stereocenters. The van der Waals surface area contributed by atoms with Crippen molar-refractivity contribution in [3.05, 3.63) is 119 Å². The molecule has 4 atom stereocenters. The first kappa shape index (κ1) is 38.5. The van der Waals surface area contributed by atoms with Gasteiger partial charge in [-0.25, -0.2) is 0 Å². The highest BCUT2D eigenvalue weighted by Gasteiger charge is 2.22. The SMILES string of the molecule is CNCCCN(C)c1cc(C(=O)NC(C)c2cccnc2)cc(C(=O)N[C@H](CN[C@@H](C)C(=O)N[C@H](C)c2ccc(N)cc2)Cc2ccccn2)c1. The second kappa shape index (κ2) is 19.2. The lowest BCUT2D eigenvalue weighted by molar-refractivity contribution is -0.123. The third-order valence-electron chi connectivity index (χ3n) is 8.71. The third kappa shape index (κ3) is 11.9. The van der Waals surface area contributed by atoms with Crippen LogP contribution in [-0.2, 0) is 11.2 Å². The Labute approximate surface area is 301 Å². The van der Waals surface area contributed by atoms with E-state index in [1.807, 2.05) is 75.3 Å². The highest BCUT2D eigenvalue weighted by atomic mass is 16.2. The number of nitrogens with two attached hydrogens (primary N) is 1. The zero-order valence-corrected chi connectivity index (χ0v) is 30.1. The minimum atomic E-state index is -0.545. The van der Waals surface area contributed by atoms with Gasteiger partial charge < -0.3 is 37.2 Å². The Hall–Kier alpha value is -5.33. The number of nitrogen functional groups attached to an aromatic ring is 1. The predicted molar refractivity (Wildman–Crippen MR) is 202 cm³/mol. The molecule has 2 heterocycles. The van der Waals surface area contributed by atoms with Gasteiger partial charge in [0.05, 0.1) is 18.1 Å². The number of carbonyl (C=O) groups is 3. The number of amides is 3. The molecule has 12 nitrogen and oxygen atoms in total. The maximum absolute atomic E-state index is 14.0. The monoisotopic (exact) mass is 693 g/mol. The molecule has 4 aromatic rings. The molecular weight excluding hydrogens is 642 g/mol. The summed E-state index contributed by atoms with van der Waals surface area (Å²) in [4.78, 5) is 51.4. The first-order valence-corrected chi connectivity index (χ1v) is 17.4. The van der Waals surface area contributed by atoms with E-state index in [0.29, 0.717) is 29.8 Å². The Kier molecular flexibility index (Phi) is 14.5. The lowest BCUT2D eigenvalue weighted by Crippen LogP contribution is -2.50. The van der Waals surface area contributed by atoms with E-state index in [-0.39, 0.29) is 29.8 Å². The van der Waals surface area contributed by atoms with Crippen molar-refractivity contribution in [1.82, 2.24) is 36.6 Å². The second-order valence-electron chi connectivity index (χ2n) is 12.9. The summed E-state index contributed by atoms with van der Waals surface area (Å²) in [6, 6.07) is 20.5. The van der Waals surface area contributed by atoms with Crippen LogP contribution in [-0.4, -0.2) is 73.5 Å². The van der Waals surface area contributed by atoms with Crippen LogP contribution in [0.3, 0.4) is 0 Å². The van der Waals surface area contributed by atoms with Gasteiger partial charge >= 0.3 is 0 Å². The van der Waals surface area contributed by atoms with E-state index in [1.165, 1.54) is 0 Å². The van der Waals surface area contributed by atoms with Gasteiger partial charge in [0.15, 0.2) is 0 Å². The molecule has 270 valence electrons. The van der Waals surface area contributed by atoms with E-state index in [4.69, 9.17) is 5.73 Å². The van der Waals surface area contributed by atoms with Crippen molar-refractivity contribution < 1.29 is 14.4 Å². The lowest BCUT2D eigenvalue weighted by atomic mass is 10.0. The molecule has 7 N–H and O–H groups in total. The Morgan fingerprint density at radius 2 is 1.53 bits per heavy atom. The van der Waals surface area contributed by atoms with Crippen LogP contribution >= 0.6 is 0 Å². The highest BCUT2D eigenvalue weighted by Crippen LogP contribution is 2.21. The van der Waals surface area contributed by atoms with Crippen molar-refractivity contribution in [2.45, 2.75) is 57.8 Å². The normalized spacial score (nSPS) is 13.4. The number of nitrogens with one attached hydrogen (secondary N) is 5. The molecule has 12 heteroatoms. The van der Waals surface area contributed by atoms with Crippen LogP contribution in [0.15, 0.2) is 91.4 Å². The quantitative estimate of drug-likeness (QED) is 0.0672. The van der Waals surface area contributed by atoms with Gasteiger partial charge in [0, 0.05) is 79.4 Å². The van der Waals surface area contributed by atoms with Crippen molar-refractivity contribution >= 4 is 29.1 Å². The van der Waals surface area contributed by atoms with Crippen LogP contribution < -0.4 is 37.2 Å². The molecular formula is C39H51N9O3. The fraction of sp³-hybridized carbons (Fsp3) is 0.359. The fourth-order valence-electron chi connectivity index (χ4n) is 5.54. The summed E-state index contributed by atoms with van der Waals surface area (Å²) in [5.41, 5.74) is 10.5. The Morgan fingerprint density at radius 1 is 0.824 bits per heavy atom. The molecule has 0 spiro atoms. The number of pyridine rings is 2. The molecule has 0 aliphatic heterocycles. The maximum Gasteiger partial charge on any atom is 0.251 e. The van der Waals surface area contributed by atoms with Crippen molar-refractivity contribution in [3.63, 3.8) is 0 Å². The molecule has 0 saturated carbocycles. The zero-order chi connectivity index (χ0) is 36.8. The Balaban J connectivity index is 1.52. The van der Waals surface area contributed by atoms with Crippen LogP contribution in [0.4, 0.5) is 11.4 Å². The fourth-order valence-corrected chi connectivity index (χ4v) is 5.54. The third-order valence-corrected chi connectivity index (χ3v) is 8.71. The van der Waals surface area contributed by atoms with Gasteiger partial charge in [0.2, 0.25) is 5.91 Å². The molecule has 0 fully saturated rings. The average Bonchev–Trinajstić information content (AvgIpc) is 3.14. The number of hydrogen-bond donors (Lipinski definition) is 6. The summed E-state index contributed by atoms with van der Waals surface area (Å²) in [6.07, 6.45) is 6.42. The van der Waals surface area contributed by atoms with Gasteiger partial charge in [-0.15, -0.1) is 0 Å². The minimum Gasteiger partial charge on any atom is -0.399 e. The van der Waals surface area contributed by atoms with E-state index >= 15 is 0 Å². The van der Waals surface area contributed by atoms with Crippen LogP contribution in [0.25, 0.3) is 0 Å². The van der Waals surface area contributed by atoms with E-state index in [2.05, 4.69) is 36.6 Å². The summed E-state index contributed by atoms with van der Waals surface area (Å²) in [5, 5.41) is 15.7. The Morgan fingerprint density at radius 3 is 2.18 bits per heavy atom. The summed E-state index contributed by atoms with van der Waals surface area (Å²) >= 11 is 0. The van der Waals surface area contributed by atoms with Crippen molar-refractivity contribution in [3.8, 4) is 0 Å². The predicted octanol–water partition coefficient (Wildman–Crippen LogP) is 3.79. The molecule has 4 rings (SSSR count). The van der Waals surface area contributed by atoms with Gasteiger partial charge in [-0.2, -0.15) is 0 Å². The number of rotatable bonds is 18. The van der Waals surface area contributed by atoms with Crippen LogP contribution in [0.2, 0.25) is 0 Å². The highest BCUT2D eigenvalue weighted by molar-refractivity contribution is 6.01. The molecule has 0 saturated heterocycles. The topological polar surface area (TPSA) is 166 Å².